The maximum absolute atomic E-state index is 13.7. The van der Waals surface area contributed by atoms with Crippen LogP contribution in [-0.2, 0) is 4.79 Å². The predicted octanol–water partition coefficient (Wildman–Crippen LogP) is 3.10. The highest BCUT2D eigenvalue weighted by atomic mass is 19.1. The standard InChI is InChI=1S/C17H17F2NO4/c1-9(21)5-3-4-6-20-10(2)12-7-11-8-13(18)15(22)14(19)16(11)24-17(12)23/h7-8,20,22H,2-6H2,1H3. The zero-order valence-electron chi connectivity index (χ0n) is 13.1. The topological polar surface area (TPSA) is 79.5 Å². The van der Waals surface area contributed by atoms with E-state index in [0.29, 0.717) is 25.8 Å². The molecule has 0 saturated heterocycles. The van der Waals surface area contributed by atoms with Crippen LogP contribution in [0.1, 0.15) is 31.7 Å². The third-order valence-electron chi connectivity index (χ3n) is 3.51. The number of ketones is 1. The molecule has 0 radical (unpaired) electrons. The molecule has 0 aliphatic carbocycles. The molecule has 24 heavy (non-hydrogen) atoms. The van der Waals surface area contributed by atoms with Gasteiger partial charge in [0.25, 0.3) is 0 Å². The van der Waals surface area contributed by atoms with Crippen LogP contribution in [0.3, 0.4) is 0 Å². The molecule has 0 spiro atoms. The molecule has 2 rings (SSSR count). The molecule has 1 heterocycles. The molecule has 2 aromatic rings. The second-order valence-electron chi connectivity index (χ2n) is 5.45. The number of phenolic OH excluding ortho intramolecular Hbond substituents is 1. The lowest BCUT2D eigenvalue weighted by atomic mass is 10.1. The Morgan fingerprint density at radius 2 is 2.04 bits per heavy atom. The van der Waals surface area contributed by atoms with Crippen LogP contribution in [0.25, 0.3) is 16.7 Å². The van der Waals surface area contributed by atoms with E-state index >= 15 is 0 Å². The van der Waals surface area contributed by atoms with E-state index in [9.17, 15) is 23.5 Å². The van der Waals surface area contributed by atoms with Crippen LogP contribution in [0.2, 0.25) is 0 Å². The lowest BCUT2D eigenvalue weighted by Gasteiger charge is -2.10. The Labute approximate surface area is 136 Å². The molecule has 0 aliphatic rings. The highest BCUT2D eigenvalue weighted by molar-refractivity contribution is 5.82. The number of Topliss-reactive ketones (excluding diaryl/α,β-unsaturated/α-hetero) is 1. The van der Waals surface area contributed by atoms with Gasteiger partial charge in [-0.15, -0.1) is 0 Å². The Bertz CT molecular complexity index is 858. The summed E-state index contributed by atoms with van der Waals surface area (Å²) < 4.78 is 32.0. The number of halogens is 2. The van der Waals surface area contributed by atoms with E-state index in [4.69, 9.17) is 4.42 Å². The number of phenols is 1. The summed E-state index contributed by atoms with van der Waals surface area (Å²) in [7, 11) is 0. The number of carbonyl (C=O) groups excluding carboxylic acids is 1. The number of hydrogen-bond acceptors (Lipinski definition) is 5. The molecule has 0 bridgehead atoms. The third kappa shape index (κ3) is 3.79. The molecule has 7 heteroatoms. The van der Waals surface area contributed by atoms with Gasteiger partial charge in [-0.2, -0.15) is 4.39 Å². The fraction of sp³-hybridized carbons (Fsp3) is 0.294. The van der Waals surface area contributed by atoms with Crippen LogP contribution in [0.15, 0.2) is 27.9 Å². The van der Waals surface area contributed by atoms with E-state index in [1.165, 1.54) is 13.0 Å². The molecule has 0 amide bonds. The molecule has 0 fully saturated rings. The summed E-state index contributed by atoms with van der Waals surface area (Å²) in [6, 6.07) is 2.12. The smallest absolute Gasteiger partial charge is 0.345 e. The fourth-order valence-corrected chi connectivity index (χ4v) is 2.23. The van der Waals surface area contributed by atoms with Crippen molar-refractivity contribution in [3.8, 4) is 5.75 Å². The summed E-state index contributed by atoms with van der Waals surface area (Å²) in [5.74, 6) is -3.56. The maximum Gasteiger partial charge on any atom is 0.345 e. The first-order valence-electron chi connectivity index (χ1n) is 7.38. The highest BCUT2D eigenvalue weighted by Crippen LogP contribution is 2.28. The van der Waals surface area contributed by atoms with Crippen molar-refractivity contribution in [2.45, 2.75) is 26.2 Å². The average Bonchev–Trinajstić information content (AvgIpc) is 2.52. The average molecular weight is 337 g/mol. The minimum absolute atomic E-state index is 0.00284. The van der Waals surface area contributed by atoms with Crippen LogP contribution < -0.4 is 10.9 Å². The van der Waals surface area contributed by atoms with Gasteiger partial charge >= 0.3 is 5.63 Å². The second kappa shape index (κ2) is 7.25. The van der Waals surface area contributed by atoms with Gasteiger partial charge in [-0.1, -0.05) is 6.58 Å². The van der Waals surface area contributed by atoms with Gasteiger partial charge in [-0.3, -0.25) is 0 Å². The van der Waals surface area contributed by atoms with Crippen molar-refractivity contribution in [1.29, 1.82) is 0 Å². The van der Waals surface area contributed by atoms with Gasteiger partial charge in [0.1, 0.15) is 5.78 Å². The third-order valence-corrected chi connectivity index (χ3v) is 3.51. The highest BCUT2D eigenvalue weighted by Gasteiger charge is 2.17. The summed E-state index contributed by atoms with van der Waals surface area (Å²) in [5.41, 5.74) is -1.08. The minimum atomic E-state index is -1.32. The number of aromatic hydroxyl groups is 1. The number of fused-ring (bicyclic) bond motifs is 1. The molecule has 0 aliphatic heterocycles. The van der Waals surface area contributed by atoms with Crippen LogP contribution in [0, 0.1) is 11.6 Å². The SMILES string of the molecule is C=C(NCCCCC(C)=O)c1cc2cc(F)c(O)c(F)c2oc1=O. The Balaban J connectivity index is 2.18. The molecule has 1 aromatic carbocycles. The van der Waals surface area contributed by atoms with Crippen LogP contribution in [-0.4, -0.2) is 17.4 Å². The van der Waals surface area contributed by atoms with E-state index in [2.05, 4.69) is 11.9 Å². The van der Waals surface area contributed by atoms with Gasteiger partial charge in [0.15, 0.2) is 17.1 Å². The molecule has 128 valence electrons. The van der Waals surface area contributed by atoms with Gasteiger partial charge in [0.2, 0.25) is 5.82 Å². The van der Waals surface area contributed by atoms with Crippen LogP contribution in [0.5, 0.6) is 5.75 Å². The molecule has 5 nitrogen and oxygen atoms in total. The van der Waals surface area contributed by atoms with Crippen LogP contribution in [0.4, 0.5) is 8.78 Å². The second-order valence-corrected chi connectivity index (χ2v) is 5.45. The van der Waals surface area contributed by atoms with Crippen molar-refractivity contribution in [2.75, 3.05) is 6.54 Å². The summed E-state index contributed by atoms with van der Waals surface area (Å²) in [4.78, 5) is 22.8. The van der Waals surface area contributed by atoms with Crippen molar-refractivity contribution in [3.05, 3.63) is 46.3 Å². The largest absolute Gasteiger partial charge is 0.503 e. The zero-order chi connectivity index (χ0) is 17.9. The molecule has 0 unspecified atom stereocenters. The van der Waals surface area contributed by atoms with Gasteiger partial charge in [0, 0.05) is 24.0 Å². The van der Waals surface area contributed by atoms with E-state index in [1.807, 2.05) is 0 Å². The van der Waals surface area contributed by atoms with Crippen molar-refractivity contribution in [3.63, 3.8) is 0 Å². The first-order valence-corrected chi connectivity index (χ1v) is 7.38. The number of hydrogen-bond donors (Lipinski definition) is 2. The van der Waals surface area contributed by atoms with E-state index in [0.717, 1.165) is 6.07 Å². The summed E-state index contributed by atoms with van der Waals surface area (Å²) in [5, 5.41) is 12.1. The van der Waals surface area contributed by atoms with Crippen molar-refractivity contribution >= 4 is 22.4 Å². The van der Waals surface area contributed by atoms with E-state index in [-0.39, 0.29) is 22.4 Å². The maximum atomic E-state index is 13.7. The summed E-state index contributed by atoms with van der Waals surface area (Å²) in [6.45, 7) is 5.72. The number of unbranched alkanes of at least 4 members (excludes halogenated alkanes) is 1. The number of rotatable bonds is 7. The summed E-state index contributed by atoms with van der Waals surface area (Å²) >= 11 is 0. The normalized spacial score (nSPS) is 10.8. The summed E-state index contributed by atoms with van der Waals surface area (Å²) in [6.07, 6.45) is 1.89. The van der Waals surface area contributed by atoms with E-state index in [1.54, 1.807) is 0 Å². The first kappa shape index (κ1) is 17.7. The first-order chi connectivity index (χ1) is 11.3. The van der Waals surface area contributed by atoms with Gasteiger partial charge in [-0.05, 0) is 31.9 Å². The number of nitrogens with one attached hydrogen (secondary N) is 1. The Morgan fingerprint density at radius 3 is 2.71 bits per heavy atom. The number of benzene rings is 1. The molecule has 1 aromatic heterocycles. The minimum Gasteiger partial charge on any atom is -0.503 e. The lowest BCUT2D eigenvalue weighted by molar-refractivity contribution is -0.117. The molecule has 0 atom stereocenters. The molecule has 0 saturated carbocycles. The Kier molecular flexibility index (Phi) is 5.33. The van der Waals surface area contributed by atoms with Crippen molar-refractivity contribution in [2.24, 2.45) is 0 Å². The van der Waals surface area contributed by atoms with Gasteiger partial charge < -0.3 is 19.6 Å². The quantitative estimate of drug-likeness (QED) is 0.599. The van der Waals surface area contributed by atoms with Crippen molar-refractivity contribution < 1.29 is 23.1 Å². The van der Waals surface area contributed by atoms with Gasteiger partial charge in [-0.25, -0.2) is 9.18 Å². The Hall–Kier alpha value is -2.70. The zero-order valence-corrected chi connectivity index (χ0v) is 13.1. The van der Waals surface area contributed by atoms with E-state index < -0.39 is 28.6 Å². The lowest BCUT2D eigenvalue weighted by Crippen LogP contribution is -2.18. The Morgan fingerprint density at radius 1 is 1.33 bits per heavy atom. The molecular weight excluding hydrogens is 320 g/mol. The number of carbonyl (C=O) groups is 1. The van der Waals surface area contributed by atoms with Gasteiger partial charge in [0.05, 0.1) is 5.56 Å². The predicted molar refractivity (Wildman–Crippen MR) is 85.6 cm³/mol. The molecule has 2 N–H and O–H groups in total. The van der Waals surface area contributed by atoms with Crippen LogP contribution >= 0.6 is 0 Å². The fourth-order valence-electron chi connectivity index (χ4n) is 2.23. The monoisotopic (exact) mass is 337 g/mol. The van der Waals surface area contributed by atoms with Crippen molar-refractivity contribution in [1.82, 2.24) is 5.32 Å². The molecular formula is C17H17F2NO4.